The van der Waals surface area contributed by atoms with E-state index < -0.39 is 0 Å². The predicted molar refractivity (Wildman–Crippen MR) is 112 cm³/mol. The van der Waals surface area contributed by atoms with Crippen molar-refractivity contribution in [2.45, 2.75) is 38.6 Å². The van der Waals surface area contributed by atoms with Crippen molar-refractivity contribution in [1.82, 2.24) is 10.2 Å². The summed E-state index contributed by atoms with van der Waals surface area (Å²) in [5.41, 5.74) is 7.19. The minimum absolute atomic E-state index is 0. The molecule has 0 amide bonds. The maximum Gasteiger partial charge on any atom is 0.188 e. The molecular weight excluding hydrogens is 415 g/mol. The first-order chi connectivity index (χ1) is 11.2. The Labute approximate surface area is 163 Å². The Morgan fingerprint density at radius 1 is 1.46 bits per heavy atom. The van der Waals surface area contributed by atoms with Crippen LogP contribution in [0.25, 0.3) is 0 Å². The van der Waals surface area contributed by atoms with Gasteiger partial charge in [-0.2, -0.15) is 0 Å². The number of guanidine groups is 1. The van der Waals surface area contributed by atoms with E-state index in [1.165, 1.54) is 24.9 Å². The number of hydrogen-bond acceptors (Lipinski definition) is 3. The Morgan fingerprint density at radius 2 is 2.21 bits per heavy atom. The maximum atomic E-state index is 6.02. The third-order valence-corrected chi connectivity index (χ3v) is 4.63. The fourth-order valence-corrected chi connectivity index (χ4v) is 3.23. The number of ether oxygens (including phenoxy) is 1. The zero-order valence-electron chi connectivity index (χ0n) is 15.0. The third-order valence-electron chi connectivity index (χ3n) is 4.63. The lowest BCUT2D eigenvalue weighted by Gasteiger charge is -2.23. The van der Waals surface area contributed by atoms with Gasteiger partial charge in [-0.05, 0) is 37.6 Å². The van der Waals surface area contributed by atoms with Crippen LogP contribution in [0.15, 0.2) is 29.3 Å². The molecule has 5 nitrogen and oxygen atoms in total. The molecule has 1 aromatic rings. The number of methoxy groups -OCH3 is 1. The SMILES string of the molecule is CCN1CCCC1CNC(N)=NCC(C)c1ccccc1OC.I. The Bertz CT molecular complexity index is 523. The van der Waals surface area contributed by atoms with Gasteiger partial charge < -0.3 is 15.8 Å². The molecule has 1 aromatic carbocycles. The van der Waals surface area contributed by atoms with Gasteiger partial charge in [0.2, 0.25) is 0 Å². The van der Waals surface area contributed by atoms with Crippen LogP contribution in [0.4, 0.5) is 0 Å². The van der Waals surface area contributed by atoms with Gasteiger partial charge in [-0.15, -0.1) is 24.0 Å². The number of benzene rings is 1. The third kappa shape index (κ3) is 5.81. The highest BCUT2D eigenvalue weighted by molar-refractivity contribution is 14.0. The van der Waals surface area contributed by atoms with Crippen LogP contribution >= 0.6 is 24.0 Å². The van der Waals surface area contributed by atoms with Crippen molar-refractivity contribution in [2.75, 3.05) is 33.3 Å². The van der Waals surface area contributed by atoms with Crippen molar-refractivity contribution in [1.29, 1.82) is 0 Å². The first-order valence-electron chi connectivity index (χ1n) is 8.56. The molecule has 1 heterocycles. The van der Waals surface area contributed by atoms with Gasteiger partial charge in [-0.1, -0.05) is 32.0 Å². The van der Waals surface area contributed by atoms with Crippen LogP contribution in [0.1, 0.15) is 38.2 Å². The number of nitrogens with two attached hydrogens (primary N) is 1. The van der Waals surface area contributed by atoms with Gasteiger partial charge in [0.05, 0.1) is 7.11 Å². The summed E-state index contributed by atoms with van der Waals surface area (Å²) in [7, 11) is 1.70. The largest absolute Gasteiger partial charge is 0.496 e. The highest BCUT2D eigenvalue weighted by Gasteiger charge is 2.22. The van der Waals surface area contributed by atoms with E-state index in [1.807, 2.05) is 18.2 Å². The van der Waals surface area contributed by atoms with Crippen LogP contribution in [0.5, 0.6) is 5.75 Å². The summed E-state index contributed by atoms with van der Waals surface area (Å²) in [6, 6.07) is 8.66. The first-order valence-corrected chi connectivity index (χ1v) is 8.56. The van der Waals surface area contributed by atoms with Crippen molar-refractivity contribution < 1.29 is 4.74 Å². The molecule has 0 spiro atoms. The molecule has 2 rings (SSSR count). The molecule has 0 saturated carbocycles. The number of halogens is 1. The van der Waals surface area contributed by atoms with Crippen LogP contribution in [0.2, 0.25) is 0 Å². The summed E-state index contributed by atoms with van der Waals surface area (Å²) in [5, 5.41) is 3.28. The summed E-state index contributed by atoms with van der Waals surface area (Å²) in [4.78, 5) is 6.99. The smallest absolute Gasteiger partial charge is 0.188 e. The van der Waals surface area contributed by atoms with Crippen molar-refractivity contribution in [3.63, 3.8) is 0 Å². The highest BCUT2D eigenvalue weighted by Crippen LogP contribution is 2.26. The van der Waals surface area contributed by atoms with E-state index in [1.54, 1.807) is 7.11 Å². The van der Waals surface area contributed by atoms with E-state index in [-0.39, 0.29) is 29.9 Å². The van der Waals surface area contributed by atoms with Crippen molar-refractivity contribution in [3.05, 3.63) is 29.8 Å². The van der Waals surface area contributed by atoms with E-state index in [2.05, 4.69) is 35.1 Å². The lowest BCUT2D eigenvalue weighted by atomic mass is 10.0. The van der Waals surface area contributed by atoms with Gasteiger partial charge in [0.15, 0.2) is 5.96 Å². The monoisotopic (exact) mass is 446 g/mol. The number of nitrogens with zero attached hydrogens (tertiary/aromatic N) is 2. The number of rotatable bonds is 7. The number of likely N-dealkylation sites (N-methyl/N-ethyl adjacent to an activating group) is 1. The van der Waals surface area contributed by atoms with Crippen LogP contribution in [-0.2, 0) is 0 Å². The number of para-hydroxylation sites is 1. The zero-order chi connectivity index (χ0) is 16.7. The fraction of sp³-hybridized carbons (Fsp3) is 0.611. The Hall–Kier alpha value is -1.02. The van der Waals surface area contributed by atoms with E-state index in [0.717, 1.165) is 18.8 Å². The van der Waals surface area contributed by atoms with Gasteiger partial charge in [-0.25, -0.2) is 0 Å². The van der Waals surface area contributed by atoms with Gasteiger partial charge >= 0.3 is 0 Å². The second-order valence-electron chi connectivity index (χ2n) is 6.17. The summed E-state index contributed by atoms with van der Waals surface area (Å²) < 4.78 is 5.41. The van der Waals surface area contributed by atoms with E-state index in [4.69, 9.17) is 10.5 Å². The Kier molecular flexibility index (Phi) is 9.43. The normalized spacial score (nSPS) is 19.6. The van der Waals surface area contributed by atoms with Crippen molar-refractivity contribution in [2.24, 2.45) is 10.7 Å². The van der Waals surface area contributed by atoms with Crippen LogP contribution in [-0.4, -0.2) is 50.2 Å². The Balaban J connectivity index is 0.00000288. The minimum Gasteiger partial charge on any atom is -0.496 e. The van der Waals surface area contributed by atoms with Crippen molar-refractivity contribution >= 4 is 29.9 Å². The minimum atomic E-state index is 0. The molecule has 0 radical (unpaired) electrons. The average Bonchev–Trinajstić information content (AvgIpc) is 3.05. The molecule has 24 heavy (non-hydrogen) atoms. The van der Waals surface area contributed by atoms with Gasteiger partial charge in [0, 0.05) is 25.0 Å². The molecule has 1 fully saturated rings. The summed E-state index contributed by atoms with van der Waals surface area (Å²) in [6.45, 7) is 8.20. The number of aliphatic imine (C=N–C) groups is 1. The molecule has 2 atom stereocenters. The first kappa shape index (κ1) is 21.0. The standard InChI is InChI=1S/C18H30N4O.HI/c1-4-22-11-7-8-15(22)13-21-18(19)20-12-14(2)16-9-5-6-10-17(16)23-3;/h5-6,9-10,14-15H,4,7-8,11-13H2,1-3H3,(H3,19,20,21);1H. The van der Waals surface area contributed by atoms with Crippen molar-refractivity contribution in [3.8, 4) is 5.75 Å². The quantitative estimate of drug-likeness (QED) is 0.384. The van der Waals surface area contributed by atoms with Crippen LogP contribution < -0.4 is 15.8 Å². The second-order valence-corrected chi connectivity index (χ2v) is 6.17. The zero-order valence-corrected chi connectivity index (χ0v) is 17.3. The highest BCUT2D eigenvalue weighted by atomic mass is 127. The lowest BCUT2D eigenvalue weighted by molar-refractivity contribution is 0.267. The number of nitrogens with one attached hydrogen (secondary N) is 1. The van der Waals surface area contributed by atoms with Crippen LogP contribution in [0, 0.1) is 0 Å². The molecular formula is C18H31IN4O. The molecule has 1 saturated heterocycles. The topological polar surface area (TPSA) is 62.9 Å². The summed E-state index contributed by atoms with van der Waals surface area (Å²) in [5.74, 6) is 1.71. The Morgan fingerprint density at radius 3 is 2.92 bits per heavy atom. The van der Waals surface area contributed by atoms with E-state index in [9.17, 15) is 0 Å². The molecule has 2 unspecified atom stereocenters. The van der Waals surface area contributed by atoms with Crippen LogP contribution in [0.3, 0.4) is 0 Å². The number of likely N-dealkylation sites (tertiary alicyclic amines) is 1. The maximum absolute atomic E-state index is 6.02. The molecule has 0 aliphatic carbocycles. The second kappa shape index (κ2) is 10.8. The molecule has 3 N–H and O–H groups in total. The fourth-order valence-electron chi connectivity index (χ4n) is 3.23. The molecule has 1 aliphatic rings. The molecule has 6 heteroatoms. The van der Waals surface area contributed by atoms with Gasteiger partial charge in [-0.3, -0.25) is 9.89 Å². The molecule has 136 valence electrons. The average molecular weight is 446 g/mol. The lowest BCUT2D eigenvalue weighted by Crippen LogP contribution is -2.42. The van der Waals surface area contributed by atoms with Gasteiger partial charge in [0.25, 0.3) is 0 Å². The molecule has 0 bridgehead atoms. The molecule has 1 aliphatic heterocycles. The summed E-state index contributed by atoms with van der Waals surface area (Å²) in [6.07, 6.45) is 2.52. The van der Waals surface area contributed by atoms with E-state index >= 15 is 0 Å². The van der Waals surface area contributed by atoms with Gasteiger partial charge in [0.1, 0.15) is 5.75 Å². The summed E-state index contributed by atoms with van der Waals surface area (Å²) >= 11 is 0. The number of hydrogen-bond donors (Lipinski definition) is 2. The molecule has 0 aromatic heterocycles. The van der Waals surface area contributed by atoms with E-state index in [0.29, 0.717) is 18.5 Å². The predicted octanol–water partition coefficient (Wildman–Crippen LogP) is 2.81.